The van der Waals surface area contributed by atoms with Gasteiger partial charge in [-0.05, 0) is 6.07 Å². The van der Waals surface area contributed by atoms with Crippen LogP contribution in [0.5, 0.6) is 0 Å². The van der Waals surface area contributed by atoms with Crippen LogP contribution in [0.1, 0.15) is 10.4 Å². The largest absolute Gasteiger partial charge is 0.378 e. The maximum absolute atomic E-state index is 13.0. The number of non-ortho nitro benzene ring substituents is 1. The minimum atomic E-state index is -0.450. The van der Waals surface area contributed by atoms with E-state index in [0.29, 0.717) is 45.0 Å². The van der Waals surface area contributed by atoms with E-state index in [4.69, 9.17) is 4.74 Å². The summed E-state index contributed by atoms with van der Waals surface area (Å²) in [6.45, 7) is 5.72. The van der Waals surface area contributed by atoms with E-state index in [0.717, 1.165) is 18.8 Å². The van der Waals surface area contributed by atoms with E-state index in [-0.39, 0.29) is 11.6 Å². The van der Waals surface area contributed by atoms with Crippen LogP contribution in [0.3, 0.4) is 0 Å². The van der Waals surface area contributed by atoms with Crippen molar-refractivity contribution in [1.82, 2.24) is 4.90 Å². The molecule has 8 nitrogen and oxygen atoms in total. The summed E-state index contributed by atoms with van der Waals surface area (Å²) in [4.78, 5) is 28.9. The second-order valence-electron chi connectivity index (χ2n) is 6.31. The summed E-state index contributed by atoms with van der Waals surface area (Å²) >= 11 is 0. The maximum atomic E-state index is 13.0. The van der Waals surface area contributed by atoms with Gasteiger partial charge in [0, 0.05) is 25.2 Å². The number of hydrogen-bond acceptors (Lipinski definition) is 5. The number of benzene rings is 1. The van der Waals surface area contributed by atoms with E-state index in [9.17, 15) is 14.9 Å². The van der Waals surface area contributed by atoms with E-state index in [2.05, 4.69) is 11.9 Å². The predicted molar refractivity (Wildman–Crippen MR) is 88.7 cm³/mol. The van der Waals surface area contributed by atoms with Gasteiger partial charge in [0.2, 0.25) is 0 Å². The zero-order valence-electron chi connectivity index (χ0n) is 13.9. The number of nitrogens with zero attached hydrogens (tertiary/aromatic N) is 3. The van der Waals surface area contributed by atoms with Crippen molar-refractivity contribution in [2.24, 2.45) is 0 Å². The lowest BCUT2D eigenvalue weighted by Crippen LogP contribution is -3.12. The van der Waals surface area contributed by atoms with Crippen LogP contribution >= 0.6 is 0 Å². The highest BCUT2D eigenvalue weighted by Gasteiger charge is 2.28. The first-order valence-electron chi connectivity index (χ1n) is 8.28. The highest BCUT2D eigenvalue weighted by molar-refractivity contribution is 6.00. The molecule has 8 heteroatoms. The van der Waals surface area contributed by atoms with Crippen molar-refractivity contribution in [3.8, 4) is 0 Å². The lowest BCUT2D eigenvalue weighted by atomic mass is 10.1. The number of anilines is 1. The molecule has 1 amide bonds. The molecule has 0 saturated carbocycles. The number of piperazine rings is 1. The SMILES string of the molecule is C[NH+]1CCN(C(=O)c2cc([N+](=O)[O-])ccc2N2CCOCC2)CC1. The van der Waals surface area contributed by atoms with E-state index >= 15 is 0 Å². The van der Waals surface area contributed by atoms with Gasteiger partial charge in [-0.2, -0.15) is 0 Å². The summed E-state index contributed by atoms with van der Waals surface area (Å²) in [5.74, 6) is -0.118. The van der Waals surface area contributed by atoms with E-state index < -0.39 is 4.92 Å². The number of carbonyl (C=O) groups excluding carboxylic acids is 1. The number of likely N-dealkylation sites (N-methyl/N-ethyl adjacent to an activating group) is 1. The maximum Gasteiger partial charge on any atom is 0.270 e. The van der Waals surface area contributed by atoms with Crippen molar-refractivity contribution in [1.29, 1.82) is 0 Å². The molecule has 0 bridgehead atoms. The van der Waals surface area contributed by atoms with Crippen molar-refractivity contribution in [2.45, 2.75) is 0 Å². The average Bonchev–Trinajstić information content (AvgIpc) is 2.62. The number of nitro benzene ring substituents is 1. The van der Waals surface area contributed by atoms with Gasteiger partial charge in [0.25, 0.3) is 11.6 Å². The van der Waals surface area contributed by atoms with Gasteiger partial charge in [-0.25, -0.2) is 0 Å². The number of ether oxygens (including phenoxy) is 1. The minimum absolute atomic E-state index is 0.0462. The Bertz CT molecular complexity index is 623. The molecule has 0 spiro atoms. The molecule has 0 aliphatic carbocycles. The second-order valence-corrected chi connectivity index (χ2v) is 6.31. The van der Waals surface area contributed by atoms with Crippen LogP contribution in [0.4, 0.5) is 11.4 Å². The van der Waals surface area contributed by atoms with Crippen LogP contribution in [-0.4, -0.2) is 75.3 Å². The Morgan fingerprint density at radius 3 is 2.50 bits per heavy atom. The van der Waals surface area contributed by atoms with Crippen LogP contribution in [0.15, 0.2) is 18.2 Å². The van der Waals surface area contributed by atoms with Crippen LogP contribution < -0.4 is 9.80 Å². The third-order valence-corrected chi connectivity index (χ3v) is 4.68. The Labute approximate surface area is 140 Å². The number of carbonyl (C=O) groups is 1. The van der Waals surface area contributed by atoms with Crippen LogP contribution in [0, 0.1) is 10.1 Å². The Morgan fingerprint density at radius 2 is 1.88 bits per heavy atom. The van der Waals surface area contributed by atoms with Gasteiger partial charge < -0.3 is 19.4 Å². The summed E-state index contributed by atoms with van der Waals surface area (Å²) in [5, 5.41) is 11.1. The topological polar surface area (TPSA) is 80.4 Å². The molecular weight excluding hydrogens is 312 g/mol. The third kappa shape index (κ3) is 3.49. The minimum Gasteiger partial charge on any atom is -0.378 e. The molecule has 0 aromatic heterocycles. The Morgan fingerprint density at radius 1 is 1.21 bits per heavy atom. The van der Waals surface area contributed by atoms with Gasteiger partial charge in [-0.1, -0.05) is 0 Å². The van der Waals surface area contributed by atoms with E-state index in [1.54, 1.807) is 11.0 Å². The van der Waals surface area contributed by atoms with E-state index in [1.807, 2.05) is 0 Å². The molecule has 1 aromatic rings. The smallest absolute Gasteiger partial charge is 0.270 e. The number of amides is 1. The standard InChI is InChI=1S/C16H22N4O4/c1-17-4-6-19(7-5-17)16(21)14-12-13(20(22)23)2-3-15(14)18-8-10-24-11-9-18/h2-3,12H,4-11H2,1H3/p+1. The first-order chi connectivity index (χ1) is 11.6. The van der Waals surface area contributed by atoms with Crippen molar-refractivity contribution in [2.75, 3.05) is 64.4 Å². The molecule has 2 saturated heterocycles. The number of nitro groups is 1. The molecule has 2 heterocycles. The summed E-state index contributed by atoms with van der Waals surface area (Å²) in [6, 6.07) is 4.58. The normalized spacial score (nSPS) is 19.4. The molecule has 3 rings (SSSR count). The van der Waals surface area contributed by atoms with Gasteiger partial charge in [0.1, 0.15) is 0 Å². The van der Waals surface area contributed by atoms with Gasteiger partial charge in [-0.3, -0.25) is 14.9 Å². The lowest BCUT2D eigenvalue weighted by molar-refractivity contribution is -0.883. The Balaban J connectivity index is 1.91. The zero-order chi connectivity index (χ0) is 17.1. The third-order valence-electron chi connectivity index (χ3n) is 4.68. The second kappa shape index (κ2) is 7.14. The Hall–Kier alpha value is -2.19. The molecule has 0 unspecified atom stereocenters. The molecule has 1 aromatic carbocycles. The van der Waals surface area contributed by atoms with E-state index in [1.165, 1.54) is 17.0 Å². The van der Waals surface area contributed by atoms with Crippen molar-refractivity contribution in [3.05, 3.63) is 33.9 Å². The summed E-state index contributed by atoms with van der Waals surface area (Å²) < 4.78 is 5.36. The summed E-state index contributed by atoms with van der Waals surface area (Å²) in [5.41, 5.74) is 1.14. The highest BCUT2D eigenvalue weighted by atomic mass is 16.6. The number of nitrogens with one attached hydrogen (secondary N) is 1. The van der Waals surface area contributed by atoms with Gasteiger partial charge >= 0.3 is 0 Å². The van der Waals surface area contributed by atoms with Crippen LogP contribution in [0.2, 0.25) is 0 Å². The fourth-order valence-corrected chi connectivity index (χ4v) is 3.15. The highest BCUT2D eigenvalue weighted by Crippen LogP contribution is 2.27. The number of morpholine rings is 1. The monoisotopic (exact) mass is 335 g/mol. The molecule has 2 fully saturated rings. The molecule has 24 heavy (non-hydrogen) atoms. The van der Waals surface area contributed by atoms with Gasteiger partial charge in [0.15, 0.2) is 0 Å². The zero-order valence-corrected chi connectivity index (χ0v) is 13.9. The molecule has 2 aliphatic rings. The Kier molecular flexibility index (Phi) is 4.96. The predicted octanol–water partition coefficient (Wildman–Crippen LogP) is -0.598. The van der Waals surface area contributed by atoms with Crippen molar-refractivity contribution >= 4 is 17.3 Å². The molecular formula is C16H23N4O4+. The quantitative estimate of drug-likeness (QED) is 0.589. The molecule has 1 N–H and O–H groups in total. The van der Waals surface area contributed by atoms with Crippen molar-refractivity contribution in [3.63, 3.8) is 0 Å². The van der Waals surface area contributed by atoms with Crippen LogP contribution in [-0.2, 0) is 4.74 Å². The lowest BCUT2D eigenvalue weighted by Gasteiger charge is -2.33. The fourth-order valence-electron chi connectivity index (χ4n) is 3.15. The molecule has 0 radical (unpaired) electrons. The van der Waals surface area contributed by atoms with Gasteiger partial charge in [-0.15, -0.1) is 0 Å². The first kappa shape index (κ1) is 16.7. The van der Waals surface area contributed by atoms with Crippen LogP contribution in [0.25, 0.3) is 0 Å². The number of quaternary nitrogens is 1. The molecule has 2 aliphatic heterocycles. The summed E-state index contributed by atoms with van der Waals surface area (Å²) in [7, 11) is 2.11. The number of hydrogen-bond donors (Lipinski definition) is 1. The average molecular weight is 335 g/mol. The fraction of sp³-hybridized carbons (Fsp3) is 0.562. The summed E-state index contributed by atoms with van der Waals surface area (Å²) in [6.07, 6.45) is 0. The van der Waals surface area contributed by atoms with Gasteiger partial charge in [0.05, 0.1) is 62.6 Å². The molecule has 130 valence electrons. The number of rotatable bonds is 3. The molecule has 0 atom stereocenters. The van der Waals surface area contributed by atoms with Crippen molar-refractivity contribution < 1.29 is 19.4 Å². The first-order valence-corrected chi connectivity index (χ1v) is 8.28.